The lowest BCUT2D eigenvalue weighted by atomic mass is 10.1. The summed E-state index contributed by atoms with van der Waals surface area (Å²) in [6.45, 7) is 2.65. The predicted molar refractivity (Wildman–Crippen MR) is 72.7 cm³/mol. The van der Waals surface area contributed by atoms with Gasteiger partial charge in [0.1, 0.15) is 11.5 Å². The van der Waals surface area contributed by atoms with Crippen LogP contribution in [0.2, 0.25) is 5.02 Å². The van der Waals surface area contributed by atoms with E-state index in [0.717, 1.165) is 0 Å². The Balaban J connectivity index is 2.15. The molecule has 0 aliphatic carbocycles. The van der Waals surface area contributed by atoms with Gasteiger partial charge < -0.3 is 0 Å². The number of rotatable bonds is 4. The maximum atomic E-state index is 12.7. The van der Waals surface area contributed by atoms with E-state index in [0.29, 0.717) is 22.8 Å². The van der Waals surface area contributed by atoms with Crippen LogP contribution in [0.25, 0.3) is 6.08 Å². The first-order valence-corrected chi connectivity index (χ1v) is 6.19. The van der Waals surface area contributed by atoms with E-state index >= 15 is 0 Å². The molecule has 0 fully saturated rings. The zero-order valence-corrected chi connectivity index (χ0v) is 11.1. The van der Waals surface area contributed by atoms with Crippen LogP contribution in [0.4, 0.5) is 4.39 Å². The number of hydrogen-bond donors (Lipinski definition) is 0. The first-order valence-electron chi connectivity index (χ1n) is 5.81. The summed E-state index contributed by atoms with van der Waals surface area (Å²) in [6, 6.07) is 5.38. The number of carbonyl (C=O) groups excluding carboxylic acids is 1. The summed E-state index contributed by atoms with van der Waals surface area (Å²) in [4.78, 5) is 11.8. The molecule has 0 spiro atoms. The van der Waals surface area contributed by atoms with Crippen molar-refractivity contribution in [2.75, 3.05) is 0 Å². The Labute approximate surface area is 115 Å². The van der Waals surface area contributed by atoms with Crippen LogP contribution in [0.1, 0.15) is 23.0 Å². The number of aromatic nitrogens is 2. The summed E-state index contributed by atoms with van der Waals surface area (Å²) in [5, 5.41) is 4.68. The van der Waals surface area contributed by atoms with Gasteiger partial charge in [0.2, 0.25) is 0 Å². The number of aryl methyl sites for hydroxylation is 1. The Hall–Kier alpha value is -1.94. The predicted octanol–water partition coefficient (Wildman–Crippen LogP) is 3.59. The van der Waals surface area contributed by atoms with Crippen LogP contribution < -0.4 is 0 Å². The molecule has 19 heavy (non-hydrogen) atoms. The Bertz CT molecular complexity index is 617. The molecular weight excluding hydrogens is 267 g/mol. The van der Waals surface area contributed by atoms with E-state index in [1.54, 1.807) is 17.0 Å². The third-order valence-electron chi connectivity index (χ3n) is 2.59. The van der Waals surface area contributed by atoms with Crippen molar-refractivity contribution < 1.29 is 9.18 Å². The lowest BCUT2D eigenvalue weighted by molar-refractivity contribution is 0.104. The summed E-state index contributed by atoms with van der Waals surface area (Å²) in [5.74, 6) is -0.590. The fourth-order valence-electron chi connectivity index (χ4n) is 1.55. The number of benzene rings is 1. The molecule has 0 aliphatic heterocycles. The van der Waals surface area contributed by atoms with Gasteiger partial charge in [-0.1, -0.05) is 11.6 Å². The van der Waals surface area contributed by atoms with Gasteiger partial charge in [0.25, 0.3) is 0 Å². The summed E-state index contributed by atoms with van der Waals surface area (Å²) < 4.78 is 14.4. The first kappa shape index (κ1) is 13.5. The minimum Gasteiger partial charge on any atom is -0.289 e. The molecule has 2 rings (SSSR count). The summed E-state index contributed by atoms with van der Waals surface area (Å²) in [5.41, 5.74) is 0.961. The SMILES string of the molecule is CCn1cc(Cl)c(/C=C/C(=O)c2ccc(F)cc2)n1. The highest BCUT2D eigenvalue weighted by molar-refractivity contribution is 6.31. The third-order valence-corrected chi connectivity index (χ3v) is 2.88. The second-order valence-corrected chi connectivity index (χ2v) is 4.33. The van der Waals surface area contributed by atoms with Crippen LogP contribution in [0, 0.1) is 5.82 Å². The normalized spacial score (nSPS) is 11.1. The Morgan fingerprint density at radius 2 is 2.11 bits per heavy atom. The number of ketones is 1. The van der Waals surface area contributed by atoms with Crippen LogP contribution in [0.5, 0.6) is 0 Å². The second-order valence-electron chi connectivity index (χ2n) is 3.92. The number of halogens is 2. The second kappa shape index (κ2) is 5.80. The van der Waals surface area contributed by atoms with E-state index in [-0.39, 0.29) is 11.6 Å². The van der Waals surface area contributed by atoms with Gasteiger partial charge in [0, 0.05) is 18.3 Å². The molecule has 1 aromatic carbocycles. The monoisotopic (exact) mass is 278 g/mol. The van der Waals surface area contributed by atoms with Gasteiger partial charge in [-0.25, -0.2) is 4.39 Å². The van der Waals surface area contributed by atoms with E-state index < -0.39 is 0 Å². The molecule has 2 aromatic rings. The van der Waals surface area contributed by atoms with Gasteiger partial charge in [-0.2, -0.15) is 5.10 Å². The van der Waals surface area contributed by atoms with Gasteiger partial charge in [-0.3, -0.25) is 9.48 Å². The average Bonchev–Trinajstić information content (AvgIpc) is 2.77. The van der Waals surface area contributed by atoms with Crippen molar-refractivity contribution in [3.8, 4) is 0 Å². The lowest BCUT2D eigenvalue weighted by Gasteiger charge is -1.95. The van der Waals surface area contributed by atoms with Gasteiger partial charge >= 0.3 is 0 Å². The molecule has 3 nitrogen and oxygen atoms in total. The van der Waals surface area contributed by atoms with Crippen molar-refractivity contribution in [1.82, 2.24) is 9.78 Å². The fourth-order valence-corrected chi connectivity index (χ4v) is 1.77. The topological polar surface area (TPSA) is 34.9 Å². The smallest absolute Gasteiger partial charge is 0.185 e. The molecule has 5 heteroatoms. The maximum absolute atomic E-state index is 12.7. The Morgan fingerprint density at radius 1 is 1.42 bits per heavy atom. The van der Waals surface area contributed by atoms with E-state index in [4.69, 9.17) is 11.6 Å². The van der Waals surface area contributed by atoms with E-state index in [2.05, 4.69) is 5.10 Å². The van der Waals surface area contributed by atoms with Crippen molar-refractivity contribution in [2.45, 2.75) is 13.5 Å². The van der Waals surface area contributed by atoms with E-state index in [1.807, 2.05) is 6.92 Å². The maximum Gasteiger partial charge on any atom is 0.185 e. The molecule has 0 unspecified atom stereocenters. The van der Waals surface area contributed by atoms with Crippen molar-refractivity contribution >= 4 is 23.5 Å². The number of nitrogens with zero attached hydrogens (tertiary/aromatic N) is 2. The molecule has 0 saturated carbocycles. The van der Waals surface area contributed by atoms with Crippen LogP contribution in [0.15, 0.2) is 36.5 Å². The molecule has 1 aromatic heterocycles. The van der Waals surface area contributed by atoms with Gasteiger partial charge in [-0.05, 0) is 43.3 Å². The molecule has 1 heterocycles. The van der Waals surface area contributed by atoms with Crippen LogP contribution in [0.3, 0.4) is 0 Å². The van der Waals surface area contributed by atoms with Gasteiger partial charge in [-0.15, -0.1) is 0 Å². The van der Waals surface area contributed by atoms with Crippen molar-refractivity contribution in [3.63, 3.8) is 0 Å². The summed E-state index contributed by atoms with van der Waals surface area (Å²) in [6.07, 6.45) is 4.63. The van der Waals surface area contributed by atoms with Gasteiger partial charge in [0.15, 0.2) is 5.78 Å². The highest BCUT2D eigenvalue weighted by atomic mass is 35.5. The average molecular weight is 279 g/mol. The van der Waals surface area contributed by atoms with Crippen molar-refractivity contribution in [3.05, 3.63) is 58.6 Å². The summed E-state index contributed by atoms with van der Waals surface area (Å²) in [7, 11) is 0. The number of hydrogen-bond acceptors (Lipinski definition) is 2. The van der Waals surface area contributed by atoms with Crippen LogP contribution in [-0.4, -0.2) is 15.6 Å². The molecule has 0 aliphatic rings. The lowest BCUT2D eigenvalue weighted by Crippen LogP contribution is -1.95. The fraction of sp³-hybridized carbons (Fsp3) is 0.143. The molecule has 0 N–H and O–H groups in total. The Morgan fingerprint density at radius 3 is 2.68 bits per heavy atom. The molecule has 0 bridgehead atoms. The highest BCUT2D eigenvalue weighted by Crippen LogP contribution is 2.16. The molecule has 0 amide bonds. The minimum absolute atomic E-state index is 0.220. The third kappa shape index (κ3) is 3.29. The minimum atomic E-state index is -0.370. The number of carbonyl (C=O) groups is 1. The zero-order chi connectivity index (χ0) is 13.8. The molecular formula is C14H12ClFN2O. The molecule has 0 saturated heterocycles. The standard InChI is InChI=1S/C14H12ClFN2O/c1-2-18-9-12(15)13(17-18)7-8-14(19)10-3-5-11(16)6-4-10/h3-9H,2H2,1H3/b8-7+. The Kier molecular flexibility index (Phi) is 4.12. The highest BCUT2D eigenvalue weighted by Gasteiger charge is 2.05. The molecule has 0 atom stereocenters. The van der Waals surface area contributed by atoms with Crippen molar-refractivity contribution in [1.29, 1.82) is 0 Å². The number of allylic oxidation sites excluding steroid dienone is 1. The summed E-state index contributed by atoms with van der Waals surface area (Å²) >= 11 is 5.98. The van der Waals surface area contributed by atoms with Crippen LogP contribution in [-0.2, 0) is 6.54 Å². The largest absolute Gasteiger partial charge is 0.289 e. The van der Waals surface area contributed by atoms with Crippen molar-refractivity contribution in [2.24, 2.45) is 0 Å². The van der Waals surface area contributed by atoms with Gasteiger partial charge in [0.05, 0.1) is 5.02 Å². The molecule has 0 radical (unpaired) electrons. The first-order chi connectivity index (χ1) is 9.10. The van der Waals surface area contributed by atoms with E-state index in [1.165, 1.54) is 30.3 Å². The zero-order valence-electron chi connectivity index (χ0n) is 10.3. The molecule has 98 valence electrons. The quantitative estimate of drug-likeness (QED) is 0.633. The van der Waals surface area contributed by atoms with E-state index in [9.17, 15) is 9.18 Å². The van der Waals surface area contributed by atoms with Crippen LogP contribution >= 0.6 is 11.6 Å².